The van der Waals surface area contributed by atoms with E-state index in [1.807, 2.05) is 30.5 Å². The third-order valence-corrected chi connectivity index (χ3v) is 5.28. The summed E-state index contributed by atoms with van der Waals surface area (Å²) in [7, 11) is 0. The van der Waals surface area contributed by atoms with Crippen LogP contribution in [0.4, 0.5) is 5.82 Å². The zero-order chi connectivity index (χ0) is 22.0. The molecule has 0 unspecified atom stereocenters. The van der Waals surface area contributed by atoms with Crippen LogP contribution in [0.15, 0.2) is 47.1 Å². The SMILES string of the molecule is Cc1c(C#N)c(NC(=O)Cn2nnc(-c3ccccc3Cl)n2)n(Cc2ccco2)c1C. The largest absolute Gasteiger partial charge is 0.467 e. The molecule has 0 fully saturated rings. The quantitative estimate of drug-likeness (QED) is 0.495. The van der Waals surface area contributed by atoms with Gasteiger partial charge in [0.25, 0.3) is 0 Å². The maximum atomic E-state index is 12.7. The van der Waals surface area contributed by atoms with Gasteiger partial charge in [0.1, 0.15) is 24.2 Å². The molecule has 0 saturated heterocycles. The Hall–Kier alpha value is -3.90. The van der Waals surface area contributed by atoms with Crippen LogP contribution in [-0.4, -0.2) is 30.7 Å². The number of amides is 1. The van der Waals surface area contributed by atoms with Crippen LogP contribution < -0.4 is 5.32 Å². The molecular formula is C21H18ClN7O2. The van der Waals surface area contributed by atoms with Crippen LogP contribution in [0, 0.1) is 25.2 Å². The fourth-order valence-electron chi connectivity index (χ4n) is 3.25. The molecule has 4 aromatic rings. The van der Waals surface area contributed by atoms with Crippen molar-refractivity contribution in [2.24, 2.45) is 0 Å². The highest BCUT2D eigenvalue weighted by atomic mass is 35.5. The van der Waals surface area contributed by atoms with Gasteiger partial charge in [-0.05, 0) is 48.9 Å². The maximum absolute atomic E-state index is 12.7. The summed E-state index contributed by atoms with van der Waals surface area (Å²) in [6, 6.07) is 12.9. The molecule has 0 bridgehead atoms. The average Bonchev–Trinajstić information content (AvgIpc) is 3.47. The van der Waals surface area contributed by atoms with Gasteiger partial charge < -0.3 is 14.3 Å². The molecular weight excluding hydrogens is 418 g/mol. The van der Waals surface area contributed by atoms with E-state index in [0.717, 1.165) is 11.3 Å². The monoisotopic (exact) mass is 435 g/mol. The first-order valence-electron chi connectivity index (χ1n) is 9.42. The average molecular weight is 436 g/mol. The van der Waals surface area contributed by atoms with Gasteiger partial charge in [-0.2, -0.15) is 10.1 Å². The molecule has 0 aliphatic heterocycles. The number of benzene rings is 1. The van der Waals surface area contributed by atoms with Gasteiger partial charge in [0.05, 0.1) is 23.4 Å². The molecule has 0 spiro atoms. The molecule has 1 amide bonds. The fourth-order valence-corrected chi connectivity index (χ4v) is 3.47. The number of furan rings is 1. The van der Waals surface area contributed by atoms with E-state index in [4.69, 9.17) is 16.0 Å². The highest BCUT2D eigenvalue weighted by Crippen LogP contribution is 2.27. The van der Waals surface area contributed by atoms with Crippen molar-refractivity contribution in [3.05, 3.63) is 70.3 Å². The van der Waals surface area contributed by atoms with Gasteiger partial charge in [0.15, 0.2) is 0 Å². The summed E-state index contributed by atoms with van der Waals surface area (Å²) < 4.78 is 7.27. The van der Waals surface area contributed by atoms with Gasteiger partial charge >= 0.3 is 0 Å². The van der Waals surface area contributed by atoms with Crippen molar-refractivity contribution in [2.75, 3.05) is 5.32 Å². The summed E-state index contributed by atoms with van der Waals surface area (Å²) >= 11 is 6.17. The molecule has 4 rings (SSSR count). The number of nitrogens with one attached hydrogen (secondary N) is 1. The lowest BCUT2D eigenvalue weighted by molar-refractivity contribution is -0.117. The number of rotatable bonds is 6. The summed E-state index contributed by atoms with van der Waals surface area (Å²) in [5.74, 6) is 1.05. The minimum Gasteiger partial charge on any atom is -0.467 e. The van der Waals surface area contributed by atoms with Gasteiger partial charge in [-0.1, -0.05) is 23.7 Å². The van der Waals surface area contributed by atoms with Gasteiger partial charge in [-0.25, -0.2) is 0 Å². The van der Waals surface area contributed by atoms with Crippen LogP contribution in [0.5, 0.6) is 0 Å². The van der Waals surface area contributed by atoms with E-state index in [0.29, 0.717) is 40.1 Å². The molecule has 10 heteroatoms. The second-order valence-electron chi connectivity index (χ2n) is 6.88. The van der Waals surface area contributed by atoms with Crippen molar-refractivity contribution in [2.45, 2.75) is 26.9 Å². The third kappa shape index (κ3) is 4.06. The van der Waals surface area contributed by atoms with Crippen molar-refractivity contribution in [1.29, 1.82) is 5.26 Å². The van der Waals surface area contributed by atoms with E-state index in [9.17, 15) is 10.1 Å². The second kappa shape index (κ2) is 8.45. The smallest absolute Gasteiger partial charge is 0.249 e. The van der Waals surface area contributed by atoms with Gasteiger partial charge in [-0.15, -0.1) is 10.2 Å². The van der Waals surface area contributed by atoms with Crippen molar-refractivity contribution >= 4 is 23.3 Å². The lowest BCUT2D eigenvalue weighted by atomic mass is 10.2. The number of anilines is 1. The van der Waals surface area contributed by atoms with Crippen molar-refractivity contribution < 1.29 is 9.21 Å². The van der Waals surface area contributed by atoms with E-state index in [1.165, 1.54) is 4.80 Å². The van der Waals surface area contributed by atoms with Crippen molar-refractivity contribution in [3.8, 4) is 17.5 Å². The highest BCUT2D eigenvalue weighted by Gasteiger charge is 2.21. The summed E-state index contributed by atoms with van der Waals surface area (Å²) in [6.45, 7) is 3.95. The van der Waals surface area contributed by atoms with Crippen LogP contribution in [0.25, 0.3) is 11.4 Å². The number of carbonyl (C=O) groups excluding carboxylic acids is 1. The number of hydrogen-bond acceptors (Lipinski definition) is 6. The van der Waals surface area contributed by atoms with Crippen LogP contribution in [0.3, 0.4) is 0 Å². The first-order chi connectivity index (χ1) is 15.0. The first-order valence-corrected chi connectivity index (χ1v) is 9.80. The Morgan fingerprint density at radius 1 is 1.26 bits per heavy atom. The minimum atomic E-state index is -0.391. The Balaban J connectivity index is 1.56. The van der Waals surface area contributed by atoms with Gasteiger partial charge in [-0.3, -0.25) is 4.79 Å². The standard InChI is InChI=1S/C21H18ClN7O2/c1-13-14(2)28(11-15-6-5-9-31-15)21(17(13)10-23)24-19(30)12-29-26-20(25-27-29)16-7-3-4-8-18(16)22/h3-9H,11-12H2,1-2H3,(H,24,30). The normalized spacial score (nSPS) is 10.8. The lowest BCUT2D eigenvalue weighted by Crippen LogP contribution is -2.23. The fraction of sp³-hybridized carbons (Fsp3) is 0.190. The Morgan fingerprint density at radius 2 is 2.06 bits per heavy atom. The van der Waals surface area contributed by atoms with Gasteiger partial charge in [0, 0.05) is 11.3 Å². The van der Waals surface area contributed by atoms with E-state index in [-0.39, 0.29) is 6.54 Å². The first kappa shape index (κ1) is 20.4. The Kier molecular flexibility index (Phi) is 5.56. The van der Waals surface area contributed by atoms with Crippen LogP contribution in [-0.2, 0) is 17.9 Å². The van der Waals surface area contributed by atoms with Crippen molar-refractivity contribution in [1.82, 2.24) is 24.8 Å². The molecule has 0 aliphatic carbocycles. The van der Waals surface area contributed by atoms with Gasteiger partial charge in [0.2, 0.25) is 11.7 Å². The molecule has 0 saturated carbocycles. The molecule has 3 heterocycles. The zero-order valence-corrected chi connectivity index (χ0v) is 17.6. The number of halogens is 1. The van der Waals surface area contributed by atoms with E-state index < -0.39 is 5.91 Å². The molecule has 3 aromatic heterocycles. The molecule has 0 atom stereocenters. The third-order valence-electron chi connectivity index (χ3n) is 4.95. The summed E-state index contributed by atoms with van der Waals surface area (Å²) in [5.41, 5.74) is 2.69. The molecule has 1 N–H and O–H groups in total. The Labute approximate surface area is 182 Å². The Bertz CT molecular complexity index is 1280. The van der Waals surface area contributed by atoms with E-state index in [1.54, 1.807) is 30.5 Å². The number of aromatic nitrogens is 5. The molecule has 9 nitrogen and oxygen atoms in total. The molecule has 0 aliphatic rings. The highest BCUT2D eigenvalue weighted by molar-refractivity contribution is 6.33. The van der Waals surface area contributed by atoms with Crippen molar-refractivity contribution in [3.63, 3.8) is 0 Å². The Morgan fingerprint density at radius 3 is 2.77 bits per heavy atom. The van der Waals surface area contributed by atoms with E-state index >= 15 is 0 Å². The minimum absolute atomic E-state index is 0.174. The number of nitrogens with zero attached hydrogens (tertiary/aromatic N) is 6. The number of hydrogen-bond donors (Lipinski definition) is 1. The number of nitriles is 1. The topological polar surface area (TPSA) is 115 Å². The molecule has 1 aromatic carbocycles. The molecule has 31 heavy (non-hydrogen) atoms. The predicted molar refractivity (Wildman–Crippen MR) is 113 cm³/mol. The zero-order valence-electron chi connectivity index (χ0n) is 16.8. The second-order valence-corrected chi connectivity index (χ2v) is 7.29. The predicted octanol–water partition coefficient (Wildman–Crippen LogP) is 3.56. The lowest BCUT2D eigenvalue weighted by Gasteiger charge is -2.11. The number of tetrazole rings is 1. The van der Waals surface area contributed by atoms with E-state index in [2.05, 4.69) is 26.8 Å². The van der Waals surface area contributed by atoms with Crippen LogP contribution in [0.2, 0.25) is 5.02 Å². The van der Waals surface area contributed by atoms with Crippen LogP contribution >= 0.6 is 11.6 Å². The molecule has 0 radical (unpaired) electrons. The maximum Gasteiger partial charge on any atom is 0.249 e. The van der Waals surface area contributed by atoms with Crippen LogP contribution in [0.1, 0.15) is 22.6 Å². The molecule has 156 valence electrons. The summed E-state index contributed by atoms with van der Waals surface area (Å²) in [4.78, 5) is 13.9. The number of carbonyl (C=O) groups is 1. The summed E-state index contributed by atoms with van der Waals surface area (Å²) in [5, 5.41) is 25.1. The summed E-state index contributed by atoms with van der Waals surface area (Å²) in [6.07, 6.45) is 1.58.